The summed E-state index contributed by atoms with van der Waals surface area (Å²) in [5, 5.41) is 2.65. The van der Waals surface area contributed by atoms with Gasteiger partial charge in [-0.05, 0) is 72.5 Å². The van der Waals surface area contributed by atoms with Gasteiger partial charge in [-0.2, -0.15) is 0 Å². The molecule has 1 aromatic heterocycles. The highest BCUT2D eigenvalue weighted by Crippen LogP contribution is 2.29. The second kappa shape index (κ2) is 11.8. The molecular formula is C37H33N3O2. The Kier molecular flexibility index (Phi) is 7.65. The van der Waals surface area contributed by atoms with Crippen molar-refractivity contribution in [3.05, 3.63) is 154 Å². The van der Waals surface area contributed by atoms with Gasteiger partial charge in [0, 0.05) is 12.1 Å². The first kappa shape index (κ1) is 27.2. The Morgan fingerprint density at radius 1 is 0.810 bits per heavy atom. The molecule has 0 saturated heterocycles. The van der Waals surface area contributed by atoms with Gasteiger partial charge in [-0.25, -0.2) is 4.98 Å². The van der Waals surface area contributed by atoms with E-state index in [4.69, 9.17) is 4.98 Å². The molecule has 5 heteroatoms. The molecule has 6 rings (SSSR count). The number of amides is 1. The van der Waals surface area contributed by atoms with E-state index in [9.17, 15) is 9.59 Å². The topological polar surface area (TPSA) is 55.2 Å². The Bertz CT molecular complexity index is 1930. The van der Waals surface area contributed by atoms with Crippen LogP contribution in [0.5, 0.6) is 0 Å². The minimum absolute atomic E-state index is 0.0820. The summed E-state index contributed by atoms with van der Waals surface area (Å²) in [4.78, 5) is 35.5. The third-order valence-electron chi connectivity index (χ3n) is 7.90. The molecule has 0 aliphatic heterocycles. The van der Waals surface area contributed by atoms with Gasteiger partial charge in [-0.3, -0.25) is 14.2 Å². The van der Waals surface area contributed by atoms with Crippen molar-refractivity contribution in [3.8, 4) is 5.69 Å². The highest BCUT2D eigenvalue weighted by Gasteiger charge is 2.30. The first-order chi connectivity index (χ1) is 20.5. The van der Waals surface area contributed by atoms with Gasteiger partial charge >= 0.3 is 0 Å². The van der Waals surface area contributed by atoms with E-state index in [2.05, 4.69) is 19.1 Å². The third kappa shape index (κ3) is 5.34. The van der Waals surface area contributed by atoms with Gasteiger partial charge in [0.15, 0.2) is 0 Å². The molecule has 1 atom stereocenters. The molecule has 0 aliphatic rings. The van der Waals surface area contributed by atoms with Gasteiger partial charge in [0.05, 0.1) is 22.6 Å². The zero-order valence-corrected chi connectivity index (χ0v) is 23.9. The quantitative estimate of drug-likeness (QED) is 0.195. The molecule has 1 heterocycles. The lowest BCUT2D eigenvalue weighted by Crippen LogP contribution is -2.39. The molecule has 0 radical (unpaired) electrons. The van der Waals surface area contributed by atoms with Gasteiger partial charge in [0.2, 0.25) is 0 Å². The van der Waals surface area contributed by atoms with E-state index in [1.807, 2.05) is 121 Å². The number of benzene rings is 5. The van der Waals surface area contributed by atoms with Crippen LogP contribution < -0.4 is 5.56 Å². The molecular weight excluding hydrogens is 518 g/mol. The number of hydrogen-bond donors (Lipinski definition) is 0. The lowest BCUT2D eigenvalue weighted by atomic mass is 10.0. The number of carbonyl (C=O) groups excluding carboxylic acids is 1. The summed E-state index contributed by atoms with van der Waals surface area (Å²) < 4.78 is 1.69. The smallest absolute Gasteiger partial charge is 0.266 e. The maximum Gasteiger partial charge on any atom is 0.266 e. The second-order valence-corrected chi connectivity index (χ2v) is 10.7. The van der Waals surface area contributed by atoms with Crippen molar-refractivity contribution in [2.75, 3.05) is 6.54 Å². The van der Waals surface area contributed by atoms with Crippen LogP contribution in [0.4, 0.5) is 0 Å². The molecule has 0 N–H and O–H groups in total. The Morgan fingerprint density at radius 3 is 2.26 bits per heavy atom. The molecule has 0 aliphatic carbocycles. The molecule has 1 unspecified atom stereocenters. The van der Waals surface area contributed by atoms with Crippen molar-refractivity contribution in [2.45, 2.75) is 32.7 Å². The average molecular weight is 552 g/mol. The summed E-state index contributed by atoms with van der Waals surface area (Å²) in [6.45, 7) is 4.55. The van der Waals surface area contributed by atoms with Crippen LogP contribution >= 0.6 is 0 Å². The van der Waals surface area contributed by atoms with Gasteiger partial charge < -0.3 is 4.90 Å². The summed E-state index contributed by atoms with van der Waals surface area (Å²) in [7, 11) is 0. The van der Waals surface area contributed by atoms with Crippen molar-refractivity contribution >= 4 is 27.6 Å². The Labute approximate surface area is 245 Å². The first-order valence-corrected chi connectivity index (χ1v) is 14.5. The van der Waals surface area contributed by atoms with Gasteiger partial charge in [0.25, 0.3) is 11.5 Å². The predicted octanol–water partition coefficient (Wildman–Crippen LogP) is 7.68. The molecule has 42 heavy (non-hydrogen) atoms. The standard InChI is InChI=1S/C37H33N3O2/c1-3-34(35-38-33-16-10-9-15-32(33)37(42)40(35)31-21-17-26(2)18-22-31)39(24-23-27-11-5-4-6-12-27)36(41)30-20-19-28-13-7-8-14-29(28)25-30/h4-22,25,34H,3,23-24H2,1-2H3. The number of para-hydroxylation sites is 1. The first-order valence-electron chi connectivity index (χ1n) is 14.5. The number of aryl methyl sites for hydroxylation is 1. The highest BCUT2D eigenvalue weighted by molar-refractivity contribution is 5.98. The maximum atomic E-state index is 14.4. The lowest BCUT2D eigenvalue weighted by molar-refractivity contribution is 0.0662. The number of nitrogens with zero attached hydrogens (tertiary/aromatic N) is 3. The largest absolute Gasteiger partial charge is 0.328 e. The summed E-state index contributed by atoms with van der Waals surface area (Å²) in [5.74, 6) is 0.480. The van der Waals surface area contributed by atoms with E-state index in [1.165, 1.54) is 0 Å². The van der Waals surface area contributed by atoms with Gasteiger partial charge in [-0.15, -0.1) is 0 Å². The zero-order chi connectivity index (χ0) is 29.1. The van der Waals surface area contributed by atoms with Gasteiger partial charge in [0.1, 0.15) is 5.82 Å². The summed E-state index contributed by atoms with van der Waals surface area (Å²) in [5.41, 5.74) is 4.08. The Hall–Kier alpha value is -5.03. The van der Waals surface area contributed by atoms with E-state index in [0.717, 1.165) is 27.6 Å². The van der Waals surface area contributed by atoms with E-state index < -0.39 is 6.04 Å². The Morgan fingerprint density at radius 2 is 1.50 bits per heavy atom. The number of rotatable bonds is 8. The normalized spacial score (nSPS) is 12.0. The summed E-state index contributed by atoms with van der Waals surface area (Å²) in [6.07, 6.45) is 1.27. The zero-order valence-electron chi connectivity index (χ0n) is 23.9. The molecule has 0 spiro atoms. The van der Waals surface area contributed by atoms with Gasteiger partial charge in [-0.1, -0.05) is 97.4 Å². The molecule has 5 nitrogen and oxygen atoms in total. The van der Waals surface area contributed by atoms with Crippen LogP contribution in [0.1, 0.15) is 46.7 Å². The van der Waals surface area contributed by atoms with E-state index >= 15 is 0 Å². The number of fused-ring (bicyclic) bond motifs is 2. The third-order valence-corrected chi connectivity index (χ3v) is 7.90. The average Bonchev–Trinajstić information content (AvgIpc) is 3.03. The van der Waals surface area contributed by atoms with Crippen LogP contribution in [-0.2, 0) is 6.42 Å². The lowest BCUT2D eigenvalue weighted by Gasteiger charge is -2.33. The SMILES string of the molecule is CCC(c1nc2ccccc2c(=O)n1-c1ccc(C)cc1)N(CCc1ccccc1)C(=O)c1ccc2ccccc2c1. The van der Waals surface area contributed by atoms with E-state index in [1.54, 1.807) is 4.57 Å². The second-order valence-electron chi connectivity index (χ2n) is 10.7. The minimum atomic E-state index is -0.439. The van der Waals surface area contributed by atoms with Crippen molar-refractivity contribution in [1.29, 1.82) is 0 Å². The molecule has 0 bridgehead atoms. The fourth-order valence-corrected chi connectivity index (χ4v) is 5.64. The number of carbonyl (C=O) groups is 1. The van der Waals surface area contributed by atoms with Crippen LogP contribution in [-0.4, -0.2) is 26.9 Å². The molecule has 6 aromatic rings. The summed E-state index contributed by atoms with van der Waals surface area (Å²) in [6, 6.07) is 39.0. The van der Waals surface area contributed by atoms with Crippen LogP contribution in [0.25, 0.3) is 27.4 Å². The van der Waals surface area contributed by atoms with E-state index in [-0.39, 0.29) is 11.5 Å². The molecule has 0 saturated carbocycles. The molecule has 1 amide bonds. The molecule has 5 aromatic carbocycles. The van der Waals surface area contributed by atoms with Crippen LogP contribution in [0, 0.1) is 6.92 Å². The van der Waals surface area contributed by atoms with Crippen molar-refractivity contribution in [1.82, 2.24) is 14.5 Å². The fourth-order valence-electron chi connectivity index (χ4n) is 5.64. The molecule has 208 valence electrons. The monoisotopic (exact) mass is 551 g/mol. The maximum absolute atomic E-state index is 14.4. The highest BCUT2D eigenvalue weighted by atomic mass is 16.2. The summed E-state index contributed by atoms with van der Waals surface area (Å²) >= 11 is 0. The van der Waals surface area contributed by atoms with Crippen LogP contribution in [0.2, 0.25) is 0 Å². The molecule has 0 fully saturated rings. The van der Waals surface area contributed by atoms with Crippen molar-refractivity contribution in [2.24, 2.45) is 0 Å². The van der Waals surface area contributed by atoms with Crippen LogP contribution in [0.3, 0.4) is 0 Å². The minimum Gasteiger partial charge on any atom is -0.328 e. The van der Waals surface area contributed by atoms with Crippen LogP contribution in [0.15, 0.2) is 126 Å². The number of aromatic nitrogens is 2. The van der Waals surface area contributed by atoms with E-state index in [0.29, 0.717) is 41.7 Å². The predicted molar refractivity (Wildman–Crippen MR) is 170 cm³/mol. The van der Waals surface area contributed by atoms with Crippen molar-refractivity contribution in [3.63, 3.8) is 0 Å². The van der Waals surface area contributed by atoms with Crippen molar-refractivity contribution < 1.29 is 4.79 Å². The Balaban J connectivity index is 1.52. The number of hydrogen-bond acceptors (Lipinski definition) is 3. The fraction of sp³-hybridized carbons (Fsp3) is 0.162.